The number of nitriles is 1. The van der Waals surface area contributed by atoms with Crippen LogP contribution in [-0.4, -0.2) is 0 Å². The van der Waals surface area contributed by atoms with Gasteiger partial charge in [-0.15, -0.1) is 0 Å². The average molecular weight is 429 g/mol. The summed E-state index contributed by atoms with van der Waals surface area (Å²) in [5.41, 5.74) is -4.56. The smallest absolute Gasteiger partial charge is 0.429 e. The standard InChI is InChI=1S/C20H7F8NO/c21-12-2-1-3-13(22)18(12)9-4-16(25)19(17(26)5-9)20(27,28)30-10-6-14(23)11(8-29)15(24)7-10/h1-7H. The maximum atomic E-state index is 14.3. The minimum atomic E-state index is -4.77. The maximum Gasteiger partial charge on any atom is 0.432 e. The fourth-order valence-corrected chi connectivity index (χ4v) is 2.68. The van der Waals surface area contributed by atoms with Crippen molar-refractivity contribution in [3.05, 3.63) is 88.5 Å². The van der Waals surface area contributed by atoms with Crippen molar-refractivity contribution in [3.8, 4) is 22.9 Å². The van der Waals surface area contributed by atoms with Crippen LogP contribution in [0.5, 0.6) is 5.75 Å². The van der Waals surface area contributed by atoms with E-state index in [0.717, 1.165) is 24.3 Å². The van der Waals surface area contributed by atoms with E-state index in [1.165, 1.54) is 0 Å². The van der Waals surface area contributed by atoms with Crippen molar-refractivity contribution >= 4 is 0 Å². The molecule has 0 saturated carbocycles. The normalized spacial score (nSPS) is 11.3. The molecule has 0 aliphatic rings. The minimum absolute atomic E-state index is 0.231. The summed E-state index contributed by atoms with van der Waals surface area (Å²) in [5.74, 6) is -10.4. The second-order valence-electron chi connectivity index (χ2n) is 5.90. The van der Waals surface area contributed by atoms with Crippen molar-refractivity contribution in [3.63, 3.8) is 0 Å². The number of ether oxygens (including phenoxy) is 1. The van der Waals surface area contributed by atoms with Crippen molar-refractivity contribution in [2.75, 3.05) is 0 Å². The average Bonchev–Trinajstić information content (AvgIpc) is 2.60. The van der Waals surface area contributed by atoms with Crippen LogP contribution in [0.3, 0.4) is 0 Å². The highest BCUT2D eigenvalue weighted by atomic mass is 19.3. The van der Waals surface area contributed by atoms with Crippen molar-refractivity contribution in [2.45, 2.75) is 6.11 Å². The first kappa shape index (κ1) is 21.1. The Morgan fingerprint density at radius 1 is 0.733 bits per heavy atom. The molecular weight excluding hydrogens is 422 g/mol. The third-order valence-corrected chi connectivity index (χ3v) is 3.96. The van der Waals surface area contributed by atoms with Gasteiger partial charge in [-0.05, 0) is 29.8 Å². The van der Waals surface area contributed by atoms with E-state index in [2.05, 4.69) is 4.74 Å². The van der Waals surface area contributed by atoms with Crippen LogP contribution in [0.1, 0.15) is 11.1 Å². The third-order valence-electron chi connectivity index (χ3n) is 3.96. The number of alkyl halides is 2. The first-order valence-electron chi connectivity index (χ1n) is 7.95. The van der Waals surface area contributed by atoms with Gasteiger partial charge in [0.1, 0.15) is 57.8 Å². The number of nitrogens with zero attached hydrogens (tertiary/aromatic N) is 1. The van der Waals surface area contributed by atoms with Crippen LogP contribution in [0, 0.1) is 46.2 Å². The Morgan fingerprint density at radius 2 is 1.23 bits per heavy atom. The van der Waals surface area contributed by atoms with Gasteiger partial charge in [-0.1, -0.05) is 6.07 Å². The molecule has 0 amide bonds. The van der Waals surface area contributed by atoms with E-state index < -0.39 is 69.0 Å². The summed E-state index contributed by atoms with van der Waals surface area (Å²) in [7, 11) is 0. The zero-order valence-electron chi connectivity index (χ0n) is 14.4. The van der Waals surface area contributed by atoms with Gasteiger partial charge in [0, 0.05) is 12.1 Å². The molecule has 0 unspecified atom stereocenters. The summed E-state index contributed by atoms with van der Waals surface area (Å²) < 4.78 is 116. The highest BCUT2D eigenvalue weighted by molar-refractivity contribution is 5.65. The summed E-state index contributed by atoms with van der Waals surface area (Å²) in [5, 5.41) is 8.56. The van der Waals surface area contributed by atoms with Gasteiger partial charge >= 0.3 is 6.11 Å². The molecule has 0 aliphatic heterocycles. The predicted molar refractivity (Wildman–Crippen MR) is 87.3 cm³/mol. The molecule has 154 valence electrons. The summed E-state index contributed by atoms with van der Waals surface area (Å²) in [6.07, 6.45) is -4.77. The molecule has 2 nitrogen and oxygen atoms in total. The topological polar surface area (TPSA) is 33.0 Å². The number of halogens is 8. The fraction of sp³-hybridized carbons (Fsp3) is 0.0500. The van der Waals surface area contributed by atoms with Crippen LogP contribution in [0.25, 0.3) is 11.1 Å². The number of hydrogen-bond donors (Lipinski definition) is 0. The second-order valence-corrected chi connectivity index (χ2v) is 5.90. The van der Waals surface area contributed by atoms with Crippen LogP contribution < -0.4 is 4.74 Å². The fourth-order valence-electron chi connectivity index (χ4n) is 2.68. The van der Waals surface area contributed by atoms with E-state index in [4.69, 9.17) is 5.26 Å². The second kappa shape index (κ2) is 7.67. The Bertz CT molecular complexity index is 1120. The van der Waals surface area contributed by atoms with Gasteiger partial charge in [-0.25, -0.2) is 26.3 Å². The van der Waals surface area contributed by atoms with Crippen LogP contribution in [0.4, 0.5) is 35.1 Å². The van der Waals surface area contributed by atoms with E-state index in [9.17, 15) is 35.1 Å². The van der Waals surface area contributed by atoms with Gasteiger partial charge in [0.05, 0.1) is 5.56 Å². The summed E-state index contributed by atoms with van der Waals surface area (Å²) in [4.78, 5) is 0. The van der Waals surface area contributed by atoms with Gasteiger partial charge in [0.25, 0.3) is 0 Å². The van der Waals surface area contributed by atoms with E-state index in [-0.39, 0.29) is 24.3 Å². The van der Waals surface area contributed by atoms with Crippen molar-refractivity contribution < 1.29 is 39.9 Å². The molecule has 3 aromatic rings. The Labute approximate surface area is 163 Å². The molecule has 3 aromatic carbocycles. The minimum Gasteiger partial charge on any atom is -0.429 e. The van der Waals surface area contributed by atoms with Crippen molar-refractivity contribution in [2.24, 2.45) is 0 Å². The van der Waals surface area contributed by atoms with Gasteiger partial charge in [0.2, 0.25) is 0 Å². The van der Waals surface area contributed by atoms with Gasteiger partial charge in [0.15, 0.2) is 0 Å². The molecule has 0 aromatic heterocycles. The van der Waals surface area contributed by atoms with Gasteiger partial charge < -0.3 is 4.74 Å². The molecule has 0 radical (unpaired) electrons. The van der Waals surface area contributed by atoms with Crippen LogP contribution >= 0.6 is 0 Å². The zero-order chi connectivity index (χ0) is 22.2. The monoisotopic (exact) mass is 429 g/mol. The van der Waals surface area contributed by atoms with Gasteiger partial charge in [-0.2, -0.15) is 14.0 Å². The van der Waals surface area contributed by atoms with E-state index in [1.54, 1.807) is 0 Å². The highest BCUT2D eigenvalue weighted by Crippen LogP contribution is 2.38. The lowest BCUT2D eigenvalue weighted by molar-refractivity contribution is -0.189. The lowest BCUT2D eigenvalue weighted by Crippen LogP contribution is -2.25. The quantitative estimate of drug-likeness (QED) is 0.464. The third kappa shape index (κ3) is 3.78. The molecule has 0 aliphatic carbocycles. The Morgan fingerprint density at radius 3 is 1.70 bits per heavy atom. The Hall–Kier alpha value is -3.61. The summed E-state index contributed by atoms with van der Waals surface area (Å²) >= 11 is 0. The van der Waals surface area contributed by atoms with Gasteiger partial charge in [-0.3, -0.25) is 0 Å². The predicted octanol–water partition coefficient (Wildman–Crippen LogP) is 6.19. The summed E-state index contributed by atoms with van der Waals surface area (Å²) in [6, 6.07) is 4.74. The van der Waals surface area contributed by atoms with Crippen molar-refractivity contribution in [1.29, 1.82) is 5.26 Å². The molecule has 0 saturated heterocycles. The lowest BCUT2D eigenvalue weighted by Gasteiger charge is -2.20. The Balaban J connectivity index is 2.04. The SMILES string of the molecule is N#Cc1c(F)cc(OC(F)(F)c2c(F)cc(-c3c(F)cccc3F)cc2F)cc1F. The highest BCUT2D eigenvalue weighted by Gasteiger charge is 2.41. The van der Waals surface area contributed by atoms with Crippen molar-refractivity contribution in [1.82, 2.24) is 0 Å². The molecule has 0 N–H and O–H groups in total. The first-order valence-corrected chi connectivity index (χ1v) is 7.95. The molecule has 30 heavy (non-hydrogen) atoms. The molecular formula is C20H7F8NO. The molecule has 0 spiro atoms. The van der Waals surface area contributed by atoms with E-state index in [0.29, 0.717) is 0 Å². The largest absolute Gasteiger partial charge is 0.432 e. The first-order chi connectivity index (χ1) is 14.0. The van der Waals surface area contributed by atoms with E-state index >= 15 is 0 Å². The molecule has 3 rings (SSSR count). The number of benzene rings is 3. The maximum absolute atomic E-state index is 14.3. The molecule has 0 bridgehead atoms. The molecule has 0 fully saturated rings. The molecule has 10 heteroatoms. The molecule has 0 heterocycles. The zero-order valence-corrected chi connectivity index (χ0v) is 14.4. The number of hydrogen-bond acceptors (Lipinski definition) is 2. The van der Waals surface area contributed by atoms with Crippen LogP contribution in [-0.2, 0) is 6.11 Å². The van der Waals surface area contributed by atoms with E-state index in [1.807, 2.05) is 0 Å². The number of rotatable bonds is 4. The summed E-state index contributed by atoms with van der Waals surface area (Å²) in [6.45, 7) is 0. The Kier molecular flexibility index (Phi) is 5.39. The van der Waals surface area contributed by atoms with Crippen LogP contribution in [0.2, 0.25) is 0 Å². The molecule has 0 atom stereocenters. The van der Waals surface area contributed by atoms with Crippen LogP contribution in [0.15, 0.2) is 42.5 Å². The lowest BCUT2D eigenvalue weighted by atomic mass is 10.0.